The number of ether oxygens (including phenoxy) is 2. The molecule has 4 nitrogen and oxygen atoms in total. The van der Waals surface area contributed by atoms with Gasteiger partial charge in [-0.2, -0.15) is 0 Å². The second-order valence-electron chi connectivity index (χ2n) is 6.09. The minimum Gasteiger partial charge on any atom is -0.492 e. The number of aromatic nitrogens is 1. The van der Waals surface area contributed by atoms with Crippen LogP contribution >= 0.6 is 11.6 Å². The van der Waals surface area contributed by atoms with Gasteiger partial charge in [-0.3, -0.25) is 4.98 Å². The molecule has 21 heavy (non-hydrogen) atoms. The summed E-state index contributed by atoms with van der Waals surface area (Å²) in [6, 6.07) is 1.83. The summed E-state index contributed by atoms with van der Waals surface area (Å²) in [5, 5.41) is 0.594. The molecular weight excluding hydrogens is 288 g/mol. The van der Waals surface area contributed by atoms with Crippen LogP contribution in [-0.4, -0.2) is 49.3 Å². The number of hydrogen-bond donors (Lipinski definition) is 0. The van der Waals surface area contributed by atoms with Crippen LogP contribution in [0.15, 0.2) is 18.5 Å². The molecule has 0 radical (unpaired) electrons. The first-order valence-electron chi connectivity index (χ1n) is 7.83. The summed E-state index contributed by atoms with van der Waals surface area (Å²) >= 11 is 6.05. The standard InChI is InChI=1S/C16H23ClN2O2/c17-15-9-18-5-1-16(15)21-12-13-2-6-19(7-3-13)10-14-4-8-20-11-14/h1,5,9,13-14H,2-4,6-8,10-12H2. The largest absolute Gasteiger partial charge is 0.492 e. The summed E-state index contributed by atoms with van der Waals surface area (Å²) < 4.78 is 11.3. The first-order chi connectivity index (χ1) is 10.3. The van der Waals surface area contributed by atoms with E-state index in [1.165, 1.54) is 38.9 Å². The molecule has 5 heteroatoms. The molecule has 1 unspecified atom stereocenters. The fourth-order valence-corrected chi connectivity index (χ4v) is 3.29. The third-order valence-electron chi connectivity index (χ3n) is 4.46. The molecule has 0 amide bonds. The number of hydrogen-bond acceptors (Lipinski definition) is 4. The molecule has 2 aliphatic heterocycles. The lowest BCUT2D eigenvalue weighted by molar-refractivity contribution is 0.119. The molecule has 2 saturated heterocycles. The second kappa shape index (κ2) is 7.43. The van der Waals surface area contributed by atoms with Gasteiger partial charge >= 0.3 is 0 Å². The highest BCUT2D eigenvalue weighted by Crippen LogP contribution is 2.25. The highest BCUT2D eigenvalue weighted by atomic mass is 35.5. The number of rotatable bonds is 5. The van der Waals surface area contributed by atoms with Gasteiger partial charge in [-0.25, -0.2) is 0 Å². The summed E-state index contributed by atoms with van der Waals surface area (Å²) in [7, 11) is 0. The van der Waals surface area contributed by atoms with E-state index in [0.29, 0.717) is 10.9 Å². The number of halogens is 1. The Bertz CT molecular complexity index is 444. The van der Waals surface area contributed by atoms with Crippen LogP contribution in [-0.2, 0) is 4.74 Å². The summed E-state index contributed by atoms with van der Waals surface area (Å²) in [4.78, 5) is 6.55. The van der Waals surface area contributed by atoms with E-state index in [9.17, 15) is 0 Å². The van der Waals surface area contributed by atoms with Crippen LogP contribution in [0.25, 0.3) is 0 Å². The molecule has 0 spiro atoms. The van der Waals surface area contributed by atoms with E-state index < -0.39 is 0 Å². The first kappa shape index (κ1) is 15.1. The summed E-state index contributed by atoms with van der Waals surface area (Å²) in [6.45, 7) is 6.20. The fraction of sp³-hybridized carbons (Fsp3) is 0.688. The van der Waals surface area contributed by atoms with E-state index in [1.807, 2.05) is 6.07 Å². The Hall–Kier alpha value is -0.840. The SMILES string of the molecule is Clc1cnccc1OCC1CCN(CC2CCOC2)CC1. The Kier molecular flexibility index (Phi) is 5.33. The lowest BCUT2D eigenvalue weighted by Gasteiger charge is -2.33. The molecule has 1 atom stereocenters. The van der Waals surface area contributed by atoms with E-state index in [-0.39, 0.29) is 0 Å². The number of pyridine rings is 1. The molecule has 1 aromatic heterocycles. The van der Waals surface area contributed by atoms with Gasteiger partial charge in [-0.15, -0.1) is 0 Å². The summed E-state index contributed by atoms with van der Waals surface area (Å²) in [5.74, 6) is 2.12. The van der Waals surface area contributed by atoms with Crippen molar-refractivity contribution < 1.29 is 9.47 Å². The van der Waals surface area contributed by atoms with E-state index in [2.05, 4.69) is 9.88 Å². The van der Waals surface area contributed by atoms with Crippen LogP contribution in [0.1, 0.15) is 19.3 Å². The van der Waals surface area contributed by atoms with Gasteiger partial charge in [0.2, 0.25) is 0 Å². The molecule has 3 heterocycles. The maximum absolute atomic E-state index is 6.05. The van der Waals surface area contributed by atoms with E-state index in [4.69, 9.17) is 21.1 Å². The Morgan fingerprint density at radius 2 is 2.14 bits per heavy atom. The molecule has 2 aliphatic rings. The quantitative estimate of drug-likeness (QED) is 0.837. The molecule has 3 rings (SSSR count). The molecule has 0 aromatic carbocycles. The van der Waals surface area contributed by atoms with E-state index in [1.54, 1.807) is 12.4 Å². The van der Waals surface area contributed by atoms with Crippen molar-refractivity contribution in [1.82, 2.24) is 9.88 Å². The molecule has 0 aliphatic carbocycles. The molecule has 1 aromatic rings. The zero-order valence-corrected chi connectivity index (χ0v) is 13.1. The van der Waals surface area contributed by atoms with Crippen molar-refractivity contribution in [1.29, 1.82) is 0 Å². The first-order valence-corrected chi connectivity index (χ1v) is 8.21. The minimum absolute atomic E-state index is 0.594. The van der Waals surface area contributed by atoms with Crippen molar-refractivity contribution in [2.24, 2.45) is 11.8 Å². The lowest BCUT2D eigenvalue weighted by Crippen LogP contribution is -2.38. The van der Waals surface area contributed by atoms with Crippen LogP contribution in [0.2, 0.25) is 5.02 Å². The number of piperidine rings is 1. The zero-order chi connectivity index (χ0) is 14.5. The minimum atomic E-state index is 0.594. The van der Waals surface area contributed by atoms with Crippen molar-refractivity contribution in [2.75, 3.05) is 39.5 Å². The van der Waals surface area contributed by atoms with Crippen LogP contribution in [0.4, 0.5) is 0 Å². The highest BCUT2D eigenvalue weighted by molar-refractivity contribution is 6.31. The smallest absolute Gasteiger partial charge is 0.141 e. The van der Waals surface area contributed by atoms with Crippen molar-refractivity contribution >= 4 is 11.6 Å². The van der Waals surface area contributed by atoms with Crippen LogP contribution in [0.3, 0.4) is 0 Å². The van der Waals surface area contributed by atoms with Gasteiger partial charge in [0.15, 0.2) is 0 Å². The maximum Gasteiger partial charge on any atom is 0.141 e. The van der Waals surface area contributed by atoms with Crippen LogP contribution in [0, 0.1) is 11.8 Å². The summed E-state index contributed by atoms with van der Waals surface area (Å²) in [5.41, 5.74) is 0. The van der Waals surface area contributed by atoms with Gasteiger partial charge in [-0.05, 0) is 44.2 Å². The maximum atomic E-state index is 6.05. The monoisotopic (exact) mass is 310 g/mol. The number of nitrogens with zero attached hydrogens (tertiary/aromatic N) is 2. The zero-order valence-electron chi connectivity index (χ0n) is 12.3. The van der Waals surface area contributed by atoms with Gasteiger partial charge in [0, 0.05) is 31.6 Å². The second-order valence-corrected chi connectivity index (χ2v) is 6.50. The van der Waals surface area contributed by atoms with Gasteiger partial charge in [0.1, 0.15) is 10.8 Å². The summed E-state index contributed by atoms with van der Waals surface area (Å²) in [6.07, 6.45) is 6.98. The third-order valence-corrected chi connectivity index (χ3v) is 4.74. The fourth-order valence-electron chi connectivity index (χ4n) is 3.12. The van der Waals surface area contributed by atoms with Gasteiger partial charge in [0.05, 0.1) is 13.2 Å². The normalized spacial score (nSPS) is 24.3. The van der Waals surface area contributed by atoms with E-state index >= 15 is 0 Å². The predicted octanol–water partition coefficient (Wildman–Crippen LogP) is 2.86. The predicted molar refractivity (Wildman–Crippen MR) is 82.8 cm³/mol. The molecule has 0 N–H and O–H groups in total. The topological polar surface area (TPSA) is 34.6 Å². The molecule has 2 fully saturated rings. The van der Waals surface area contributed by atoms with Crippen LogP contribution in [0.5, 0.6) is 5.75 Å². The highest BCUT2D eigenvalue weighted by Gasteiger charge is 2.24. The average molecular weight is 311 g/mol. The van der Waals surface area contributed by atoms with Crippen molar-refractivity contribution in [3.63, 3.8) is 0 Å². The average Bonchev–Trinajstić information content (AvgIpc) is 3.01. The van der Waals surface area contributed by atoms with Crippen LogP contribution < -0.4 is 4.74 Å². The Morgan fingerprint density at radius 3 is 2.86 bits per heavy atom. The van der Waals surface area contributed by atoms with Crippen molar-refractivity contribution in [3.8, 4) is 5.75 Å². The molecule has 0 saturated carbocycles. The van der Waals surface area contributed by atoms with Gasteiger partial charge < -0.3 is 14.4 Å². The molecule has 0 bridgehead atoms. The Balaban J connectivity index is 1.38. The third kappa shape index (κ3) is 4.31. The molecular formula is C16H23ClN2O2. The Morgan fingerprint density at radius 1 is 1.29 bits per heavy atom. The van der Waals surface area contributed by atoms with Crippen molar-refractivity contribution in [2.45, 2.75) is 19.3 Å². The molecule has 116 valence electrons. The van der Waals surface area contributed by atoms with Gasteiger partial charge in [0.25, 0.3) is 0 Å². The van der Waals surface area contributed by atoms with E-state index in [0.717, 1.165) is 31.5 Å². The van der Waals surface area contributed by atoms with Crippen molar-refractivity contribution in [3.05, 3.63) is 23.5 Å². The Labute approximate surface area is 131 Å². The lowest BCUT2D eigenvalue weighted by atomic mass is 9.96. The van der Waals surface area contributed by atoms with Gasteiger partial charge in [-0.1, -0.05) is 11.6 Å². The number of likely N-dealkylation sites (tertiary alicyclic amines) is 1.